The molecular weight excluding hydrogens is 422 g/mol. The zero-order chi connectivity index (χ0) is 23.9. The van der Waals surface area contributed by atoms with Gasteiger partial charge in [-0.3, -0.25) is 0 Å². The van der Waals surface area contributed by atoms with Crippen molar-refractivity contribution in [2.75, 3.05) is 0 Å². The van der Waals surface area contributed by atoms with Crippen LogP contribution in [-0.2, 0) is 0 Å². The van der Waals surface area contributed by atoms with Crippen LogP contribution < -0.4 is 5.63 Å². The predicted molar refractivity (Wildman–Crippen MR) is 139 cm³/mol. The quantitative estimate of drug-likeness (QED) is 0.270. The Hall–Kier alpha value is -4.05. The summed E-state index contributed by atoms with van der Waals surface area (Å²) in [6.45, 7) is 10.3. The predicted octanol–water partition coefficient (Wildman–Crippen LogP) is 7.27. The van der Waals surface area contributed by atoms with Gasteiger partial charge >= 0.3 is 5.63 Å². The minimum atomic E-state index is -0.418. The number of aromatic hydroxyl groups is 1. The molecule has 0 amide bonds. The summed E-state index contributed by atoms with van der Waals surface area (Å²) in [5.74, 6) is 0.114. The van der Waals surface area contributed by atoms with Gasteiger partial charge in [-0.2, -0.15) is 0 Å². The molecule has 6 aromatic rings. The summed E-state index contributed by atoms with van der Waals surface area (Å²) in [6.07, 6.45) is 1.97. The Morgan fingerprint density at radius 1 is 0.735 bits per heavy atom. The van der Waals surface area contributed by atoms with E-state index in [1.807, 2.05) is 23.6 Å². The van der Waals surface area contributed by atoms with Crippen LogP contribution in [0.25, 0.3) is 49.3 Å². The third-order valence-corrected chi connectivity index (χ3v) is 7.29. The maximum Gasteiger partial charge on any atom is 0.361 e. The van der Waals surface area contributed by atoms with Crippen LogP contribution in [-0.4, -0.2) is 9.51 Å². The Kier molecular flexibility index (Phi) is 4.21. The minimum absolute atomic E-state index is 0.114. The van der Waals surface area contributed by atoms with Crippen molar-refractivity contribution in [2.24, 2.45) is 0 Å². The summed E-state index contributed by atoms with van der Waals surface area (Å²) >= 11 is 0. The third-order valence-electron chi connectivity index (χ3n) is 7.29. The Balaban J connectivity index is 1.97. The van der Waals surface area contributed by atoms with E-state index in [1.54, 1.807) is 6.07 Å². The van der Waals surface area contributed by atoms with Crippen LogP contribution >= 0.6 is 0 Å². The fourth-order valence-electron chi connectivity index (χ4n) is 5.09. The van der Waals surface area contributed by atoms with Crippen LogP contribution in [0.1, 0.15) is 27.8 Å². The Bertz CT molecular complexity index is 1890. The number of pyridine rings is 1. The van der Waals surface area contributed by atoms with Crippen LogP contribution in [0.5, 0.6) is 5.75 Å². The van der Waals surface area contributed by atoms with Crippen LogP contribution in [0.4, 0.5) is 0 Å². The highest BCUT2D eigenvalue weighted by molar-refractivity contribution is 6.21. The smallest absolute Gasteiger partial charge is 0.361 e. The molecule has 0 bridgehead atoms. The SMILES string of the molecule is Cc1ccc(-c2c3c4cc(C)c(O)cc4oc(=O)c3n3ccc4cc(C)c(C)cc4c23)cc1C. The first-order valence-corrected chi connectivity index (χ1v) is 11.5. The average Bonchev–Trinajstić information content (AvgIpc) is 3.14. The van der Waals surface area contributed by atoms with Crippen molar-refractivity contribution < 1.29 is 9.52 Å². The fraction of sp³-hybridized carbons (Fsp3) is 0.167. The summed E-state index contributed by atoms with van der Waals surface area (Å²) in [6, 6.07) is 16.4. The molecule has 0 spiro atoms. The number of hydrogen-bond acceptors (Lipinski definition) is 3. The van der Waals surface area contributed by atoms with Gasteiger partial charge in [0.15, 0.2) is 0 Å². The zero-order valence-corrected chi connectivity index (χ0v) is 19.9. The molecule has 0 saturated carbocycles. The molecule has 0 atom stereocenters. The highest BCUT2D eigenvalue weighted by Gasteiger charge is 2.23. The number of fused-ring (bicyclic) bond motifs is 7. The van der Waals surface area contributed by atoms with Crippen molar-refractivity contribution in [1.82, 2.24) is 4.40 Å². The first-order chi connectivity index (χ1) is 16.2. The van der Waals surface area contributed by atoms with Crippen molar-refractivity contribution in [2.45, 2.75) is 34.6 Å². The van der Waals surface area contributed by atoms with Crippen molar-refractivity contribution in [1.29, 1.82) is 0 Å². The summed E-state index contributed by atoms with van der Waals surface area (Å²) in [5, 5.41) is 14.2. The second-order valence-electron chi connectivity index (χ2n) is 9.48. The molecule has 3 heterocycles. The van der Waals surface area contributed by atoms with E-state index in [0.29, 0.717) is 11.1 Å². The maximum atomic E-state index is 13.4. The molecule has 0 aliphatic rings. The van der Waals surface area contributed by atoms with E-state index in [1.165, 1.54) is 22.3 Å². The van der Waals surface area contributed by atoms with Crippen molar-refractivity contribution in [3.8, 4) is 16.9 Å². The van der Waals surface area contributed by atoms with Gasteiger partial charge in [-0.05, 0) is 91.6 Å². The van der Waals surface area contributed by atoms with Gasteiger partial charge < -0.3 is 13.9 Å². The van der Waals surface area contributed by atoms with Crippen molar-refractivity contribution >= 4 is 38.2 Å². The lowest BCUT2D eigenvalue weighted by Crippen LogP contribution is -2.02. The van der Waals surface area contributed by atoms with E-state index in [4.69, 9.17) is 4.42 Å². The molecule has 3 aromatic heterocycles. The van der Waals surface area contributed by atoms with Gasteiger partial charge in [0.1, 0.15) is 16.8 Å². The van der Waals surface area contributed by atoms with E-state index in [2.05, 4.69) is 64.1 Å². The van der Waals surface area contributed by atoms with Gasteiger partial charge in [0.2, 0.25) is 0 Å². The number of aromatic nitrogens is 1. The highest BCUT2D eigenvalue weighted by atomic mass is 16.4. The van der Waals surface area contributed by atoms with E-state index < -0.39 is 5.63 Å². The molecule has 0 fully saturated rings. The molecule has 0 unspecified atom stereocenters. The first-order valence-electron chi connectivity index (χ1n) is 11.5. The molecule has 0 saturated heterocycles. The van der Waals surface area contributed by atoms with Gasteiger partial charge in [0.25, 0.3) is 0 Å². The highest BCUT2D eigenvalue weighted by Crippen LogP contribution is 2.42. The number of rotatable bonds is 1. The number of phenols is 1. The van der Waals surface area contributed by atoms with E-state index in [0.717, 1.165) is 43.8 Å². The monoisotopic (exact) mass is 447 g/mol. The zero-order valence-electron chi connectivity index (χ0n) is 19.9. The molecule has 4 heteroatoms. The van der Waals surface area contributed by atoms with Crippen LogP contribution in [0, 0.1) is 34.6 Å². The van der Waals surface area contributed by atoms with Crippen molar-refractivity contribution in [3.05, 3.63) is 93.0 Å². The molecule has 6 rings (SSSR count). The number of hydrogen-bond donors (Lipinski definition) is 1. The molecule has 4 nitrogen and oxygen atoms in total. The molecule has 168 valence electrons. The molecular formula is C30H25NO3. The molecule has 0 radical (unpaired) electrons. The Labute approximate surface area is 196 Å². The van der Waals surface area contributed by atoms with Crippen LogP contribution in [0.15, 0.2) is 63.9 Å². The molecule has 0 aliphatic heterocycles. The summed E-state index contributed by atoms with van der Waals surface area (Å²) in [5.41, 5.74) is 9.12. The molecule has 1 N–H and O–H groups in total. The van der Waals surface area contributed by atoms with Gasteiger partial charge in [0, 0.05) is 34.0 Å². The Morgan fingerprint density at radius 3 is 2.21 bits per heavy atom. The second-order valence-corrected chi connectivity index (χ2v) is 9.48. The van der Waals surface area contributed by atoms with E-state index in [-0.39, 0.29) is 5.75 Å². The lowest BCUT2D eigenvalue weighted by Gasteiger charge is -2.10. The summed E-state index contributed by atoms with van der Waals surface area (Å²) < 4.78 is 7.71. The molecule has 0 aliphatic carbocycles. The van der Waals surface area contributed by atoms with Crippen molar-refractivity contribution in [3.63, 3.8) is 0 Å². The molecule has 34 heavy (non-hydrogen) atoms. The lowest BCUT2D eigenvalue weighted by atomic mass is 9.95. The second kappa shape index (κ2) is 6.97. The van der Waals surface area contributed by atoms with Gasteiger partial charge in [-0.25, -0.2) is 4.79 Å². The third kappa shape index (κ3) is 2.75. The summed E-state index contributed by atoms with van der Waals surface area (Å²) in [4.78, 5) is 13.4. The number of nitrogens with zero attached hydrogens (tertiary/aromatic N) is 1. The lowest BCUT2D eigenvalue weighted by molar-refractivity contribution is 0.469. The van der Waals surface area contributed by atoms with Gasteiger partial charge in [-0.15, -0.1) is 0 Å². The van der Waals surface area contributed by atoms with E-state index in [9.17, 15) is 9.90 Å². The Morgan fingerprint density at radius 2 is 1.44 bits per heavy atom. The summed E-state index contributed by atoms with van der Waals surface area (Å²) in [7, 11) is 0. The normalized spacial score (nSPS) is 11.9. The largest absolute Gasteiger partial charge is 0.508 e. The van der Waals surface area contributed by atoms with Gasteiger partial charge in [-0.1, -0.05) is 24.3 Å². The van der Waals surface area contributed by atoms with Crippen LogP contribution in [0.2, 0.25) is 0 Å². The fourth-order valence-corrected chi connectivity index (χ4v) is 5.09. The maximum absolute atomic E-state index is 13.4. The molecule has 3 aromatic carbocycles. The first kappa shape index (κ1) is 20.5. The number of phenolic OH excluding ortho intramolecular Hbond substituents is 1. The topological polar surface area (TPSA) is 54.9 Å². The standard InChI is InChI=1S/C30H25NO3/c1-15-6-7-21(11-16(15)2)26-27-23-13-19(5)24(32)14-25(23)34-30(33)29(27)31-9-8-20-10-17(3)18(4)12-22(20)28(26)31/h6-14,32H,1-5H3. The average molecular weight is 448 g/mol. The van der Waals surface area contributed by atoms with Crippen LogP contribution in [0.3, 0.4) is 0 Å². The number of aryl methyl sites for hydroxylation is 5. The van der Waals surface area contributed by atoms with E-state index >= 15 is 0 Å². The number of benzene rings is 3. The minimum Gasteiger partial charge on any atom is -0.508 e. The van der Waals surface area contributed by atoms with Gasteiger partial charge in [0.05, 0.1) is 5.52 Å².